The minimum Gasteiger partial charge on any atom is -0.488 e. The van der Waals surface area contributed by atoms with E-state index in [-0.39, 0.29) is 6.10 Å². The largest absolute Gasteiger partial charge is 0.488 e. The van der Waals surface area contributed by atoms with E-state index in [4.69, 9.17) is 4.74 Å². The van der Waals surface area contributed by atoms with Crippen molar-refractivity contribution in [1.82, 2.24) is 10.2 Å². The lowest BCUT2D eigenvalue weighted by molar-refractivity contribution is 0.226. The highest BCUT2D eigenvalue weighted by Crippen LogP contribution is 2.30. The van der Waals surface area contributed by atoms with Gasteiger partial charge in [-0.25, -0.2) is 0 Å². The lowest BCUT2D eigenvalue weighted by atomic mass is 10.1. The van der Waals surface area contributed by atoms with E-state index in [1.165, 1.54) is 24.9 Å². The molecule has 0 saturated carbocycles. The van der Waals surface area contributed by atoms with E-state index in [0.29, 0.717) is 6.04 Å². The number of fused-ring (bicyclic) bond motifs is 1. The van der Waals surface area contributed by atoms with E-state index >= 15 is 0 Å². The first-order valence-electron chi connectivity index (χ1n) is 7.92. The molecule has 1 atom stereocenters. The summed E-state index contributed by atoms with van der Waals surface area (Å²) in [6, 6.07) is 6.90. The summed E-state index contributed by atoms with van der Waals surface area (Å²) in [5.41, 5.74) is 1.31. The van der Waals surface area contributed by atoms with Gasteiger partial charge in [-0.05, 0) is 70.6 Å². The average molecular weight is 355 g/mol. The fourth-order valence-corrected chi connectivity index (χ4v) is 2.94. The zero-order valence-corrected chi connectivity index (χ0v) is 14.9. The molecule has 4 heteroatoms. The van der Waals surface area contributed by atoms with Gasteiger partial charge in [0.25, 0.3) is 0 Å². The molecule has 1 unspecified atom stereocenters. The molecule has 1 N–H and O–H groups in total. The molecule has 2 rings (SSSR count). The first kappa shape index (κ1) is 16.8. The fourth-order valence-electron chi connectivity index (χ4n) is 2.54. The summed E-state index contributed by atoms with van der Waals surface area (Å²) < 4.78 is 7.08. The van der Waals surface area contributed by atoms with Crippen molar-refractivity contribution < 1.29 is 4.74 Å². The van der Waals surface area contributed by atoms with Gasteiger partial charge in [0, 0.05) is 23.5 Å². The van der Waals surface area contributed by atoms with E-state index < -0.39 is 0 Å². The average Bonchev–Trinajstić information content (AvgIpc) is 2.83. The number of nitrogens with zero attached hydrogens (tertiary/aromatic N) is 1. The van der Waals surface area contributed by atoms with Gasteiger partial charge in [0.15, 0.2) is 0 Å². The van der Waals surface area contributed by atoms with Crippen LogP contribution in [0.5, 0.6) is 5.75 Å². The van der Waals surface area contributed by atoms with Crippen molar-refractivity contribution in [3.8, 4) is 5.75 Å². The van der Waals surface area contributed by atoms with Crippen molar-refractivity contribution in [2.24, 2.45) is 0 Å². The molecular weight excluding hydrogens is 328 g/mol. The molecule has 0 amide bonds. The Hall–Kier alpha value is -0.580. The minimum atomic E-state index is 0.285. The molecule has 21 heavy (non-hydrogen) atoms. The fraction of sp³-hybridized carbons (Fsp3) is 0.647. The van der Waals surface area contributed by atoms with Gasteiger partial charge in [0.1, 0.15) is 11.9 Å². The van der Waals surface area contributed by atoms with Crippen molar-refractivity contribution >= 4 is 15.9 Å². The van der Waals surface area contributed by atoms with Gasteiger partial charge in [-0.15, -0.1) is 0 Å². The molecule has 1 aromatic carbocycles. The highest BCUT2D eigenvalue weighted by atomic mass is 79.9. The van der Waals surface area contributed by atoms with Crippen LogP contribution in [0.2, 0.25) is 0 Å². The van der Waals surface area contributed by atoms with Crippen LogP contribution in [0.1, 0.15) is 32.3 Å². The zero-order chi connectivity index (χ0) is 15.2. The predicted molar refractivity (Wildman–Crippen MR) is 92.1 cm³/mol. The second-order valence-electron chi connectivity index (χ2n) is 6.18. The maximum absolute atomic E-state index is 5.95. The van der Waals surface area contributed by atoms with Gasteiger partial charge in [0.2, 0.25) is 0 Å². The van der Waals surface area contributed by atoms with E-state index in [2.05, 4.69) is 59.2 Å². The maximum atomic E-state index is 5.95. The molecule has 1 heterocycles. The molecule has 118 valence electrons. The molecule has 0 bridgehead atoms. The Labute approximate surface area is 137 Å². The normalized spacial score (nSPS) is 17.3. The van der Waals surface area contributed by atoms with Crippen LogP contribution in [-0.2, 0) is 6.42 Å². The van der Waals surface area contributed by atoms with E-state index in [1.807, 2.05) is 6.07 Å². The third-order valence-electron chi connectivity index (χ3n) is 4.13. The highest BCUT2D eigenvalue weighted by Gasteiger charge is 2.22. The molecule has 1 aromatic rings. The van der Waals surface area contributed by atoms with Crippen molar-refractivity contribution in [3.63, 3.8) is 0 Å². The first-order chi connectivity index (χ1) is 10.1. The van der Waals surface area contributed by atoms with Crippen LogP contribution in [0.3, 0.4) is 0 Å². The number of hydrogen-bond acceptors (Lipinski definition) is 3. The van der Waals surface area contributed by atoms with Crippen molar-refractivity contribution in [3.05, 3.63) is 28.2 Å². The van der Waals surface area contributed by atoms with E-state index in [1.54, 1.807) is 0 Å². The smallest absolute Gasteiger partial charge is 0.123 e. The first-order valence-corrected chi connectivity index (χ1v) is 8.71. The van der Waals surface area contributed by atoms with Crippen LogP contribution >= 0.6 is 15.9 Å². The maximum Gasteiger partial charge on any atom is 0.123 e. The van der Waals surface area contributed by atoms with Gasteiger partial charge in [0.05, 0.1) is 0 Å². The third kappa shape index (κ3) is 5.28. The van der Waals surface area contributed by atoms with Crippen LogP contribution in [0.4, 0.5) is 0 Å². The Morgan fingerprint density at radius 2 is 2.19 bits per heavy atom. The molecule has 1 aliphatic heterocycles. The summed E-state index contributed by atoms with van der Waals surface area (Å²) in [4.78, 5) is 2.40. The molecule has 0 aliphatic carbocycles. The van der Waals surface area contributed by atoms with Crippen LogP contribution in [0.15, 0.2) is 22.7 Å². The van der Waals surface area contributed by atoms with Crippen molar-refractivity contribution in [1.29, 1.82) is 0 Å². The number of rotatable bonds is 8. The molecule has 0 aromatic heterocycles. The Kier molecular flexibility index (Phi) is 6.52. The molecule has 1 aliphatic rings. The monoisotopic (exact) mass is 354 g/mol. The summed E-state index contributed by atoms with van der Waals surface area (Å²) in [7, 11) is 2.19. The van der Waals surface area contributed by atoms with Crippen molar-refractivity contribution in [2.75, 3.05) is 26.7 Å². The van der Waals surface area contributed by atoms with Gasteiger partial charge in [-0.1, -0.05) is 15.9 Å². The topological polar surface area (TPSA) is 24.5 Å². The second-order valence-corrected chi connectivity index (χ2v) is 7.10. The van der Waals surface area contributed by atoms with Gasteiger partial charge < -0.3 is 15.0 Å². The minimum absolute atomic E-state index is 0.285. The third-order valence-corrected chi connectivity index (χ3v) is 4.62. The SMILES string of the molecule is CC(C)N(C)CCCCNCC1Cc2cc(Br)ccc2O1. The molecule has 0 radical (unpaired) electrons. The molecule has 0 saturated heterocycles. The second kappa shape index (κ2) is 8.16. The van der Waals surface area contributed by atoms with Crippen LogP contribution in [0, 0.1) is 0 Å². The summed E-state index contributed by atoms with van der Waals surface area (Å²) in [6.45, 7) is 7.67. The summed E-state index contributed by atoms with van der Waals surface area (Å²) >= 11 is 3.51. The number of halogens is 1. The lowest BCUT2D eigenvalue weighted by Gasteiger charge is -2.20. The van der Waals surface area contributed by atoms with Gasteiger partial charge in [-0.2, -0.15) is 0 Å². The van der Waals surface area contributed by atoms with Gasteiger partial charge >= 0.3 is 0 Å². The molecule has 0 fully saturated rings. The number of ether oxygens (including phenoxy) is 1. The van der Waals surface area contributed by atoms with E-state index in [0.717, 1.165) is 29.7 Å². The number of hydrogen-bond donors (Lipinski definition) is 1. The quantitative estimate of drug-likeness (QED) is 0.723. The summed E-state index contributed by atoms with van der Waals surface area (Å²) in [5, 5.41) is 3.52. The zero-order valence-electron chi connectivity index (χ0n) is 13.4. The van der Waals surface area contributed by atoms with Crippen LogP contribution < -0.4 is 10.1 Å². The predicted octanol–water partition coefficient (Wildman–Crippen LogP) is 3.46. The number of nitrogens with one attached hydrogen (secondary N) is 1. The Bertz CT molecular complexity index is 450. The Morgan fingerprint density at radius 1 is 1.38 bits per heavy atom. The number of benzene rings is 1. The molecule has 0 spiro atoms. The van der Waals surface area contributed by atoms with E-state index in [9.17, 15) is 0 Å². The van der Waals surface area contributed by atoms with Crippen LogP contribution in [-0.4, -0.2) is 43.7 Å². The lowest BCUT2D eigenvalue weighted by Crippen LogP contribution is -2.31. The Balaban J connectivity index is 1.57. The number of unbranched alkanes of at least 4 members (excludes halogenated alkanes) is 1. The summed E-state index contributed by atoms with van der Waals surface area (Å²) in [5.74, 6) is 1.04. The van der Waals surface area contributed by atoms with Crippen LogP contribution in [0.25, 0.3) is 0 Å². The van der Waals surface area contributed by atoms with Crippen molar-refractivity contribution in [2.45, 2.75) is 45.3 Å². The molecule has 3 nitrogen and oxygen atoms in total. The Morgan fingerprint density at radius 3 is 2.95 bits per heavy atom. The standard InChI is InChI=1S/C17H27BrN2O/c1-13(2)20(3)9-5-4-8-19-12-16-11-14-10-15(18)6-7-17(14)21-16/h6-7,10,13,16,19H,4-5,8-9,11-12H2,1-3H3. The molecular formula is C17H27BrN2O. The summed E-state index contributed by atoms with van der Waals surface area (Å²) in [6.07, 6.45) is 3.77. The van der Waals surface area contributed by atoms with Gasteiger partial charge in [-0.3, -0.25) is 0 Å². The highest BCUT2D eigenvalue weighted by molar-refractivity contribution is 9.10.